The number of aryl methyl sites for hydroxylation is 1. The van der Waals surface area contributed by atoms with Crippen LogP contribution in [0.25, 0.3) is 0 Å². The van der Waals surface area contributed by atoms with Crippen LogP contribution in [0.5, 0.6) is 5.88 Å². The number of nitrogens with zero attached hydrogens (tertiary/aromatic N) is 2. The van der Waals surface area contributed by atoms with Crippen LogP contribution in [0.4, 0.5) is 0 Å². The minimum absolute atomic E-state index is 0.146. The molecule has 0 saturated carbocycles. The standard InChI is InChI=1S/C15H21N3O3S/c1-18-10-12(15(17-18)21-2)14(20)16-7-5-11(6-8-19)13-4-3-9-22-13/h3-4,9-11,19H,5-8H2,1-2H3,(H,16,20). The number of aliphatic hydroxyl groups excluding tert-OH is 1. The average molecular weight is 323 g/mol. The summed E-state index contributed by atoms with van der Waals surface area (Å²) in [6.45, 7) is 0.687. The molecule has 0 saturated heterocycles. The summed E-state index contributed by atoms with van der Waals surface area (Å²) in [6.07, 6.45) is 3.13. The van der Waals surface area contributed by atoms with Gasteiger partial charge in [0.1, 0.15) is 5.56 Å². The van der Waals surface area contributed by atoms with Gasteiger partial charge < -0.3 is 15.2 Å². The highest BCUT2D eigenvalue weighted by Crippen LogP contribution is 2.27. The molecule has 2 N–H and O–H groups in total. The molecule has 0 aliphatic rings. The molecule has 0 fully saturated rings. The van der Waals surface area contributed by atoms with Crippen LogP contribution >= 0.6 is 11.3 Å². The van der Waals surface area contributed by atoms with E-state index in [1.54, 1.807) is 29.3 Å². The number of nitrogens with one attached hydrogen (secondary N) is 1. The van der Waals surface area contributed by atoms with E-state index in [4.69, 9.17) is 4.74 Å². The predicted molar refractivity (Wildman–Crippen MR) is 85.5 cm³/mol. The van der Waals surface area contributed by atoms with Crippen LogP contribution in [0.2, 0.25) is 0 Å². The van der Waals surface area contributed by atoms with Crippen LogP contribution in [0.3, 0.4) is 0 Å². The largest absolute Gasteiger partial charge is 0.479 e. The van der Waals surface area contributed by atoms with Gasteiger partial charge in [-0.3, -0.25) is 9.48 Å². The molecule has 2 aromatic rings. The van der Waals surface area contributed by atoms with Crippen molar-refractivity contribution >= 4 is 17.2 Å². The van der Waals surface area contributed by atoms with E-state index in [-0.39, 0.29) is 18.4 Å². The summed E-state index contributed by atoms with van der Waals surface area (Å²) in [5.41, 5.74) is 0.430. The lowest BCUT2D eigenvalue weighted by Gasteiger charge is -2.14. The number of aromatic nitrogens is 2. The second kappa shape index (κ2) is 7.95. The molecule has 0 aliphatic heterocycles. The molecular formula is C15H21N3O3S. The molecule has 2 heterocycles. The van der Waals surface area contributed by atoms with E-state index in [1.807, 2.05) is 11.4 Å². The lowest BCUT2D eigenvalue weighted by molar-refractivity contribution is 0.0949. The smallest absolute Gasteiger partial charge is 0.258 e. The number of rotatable bonds is 8. The van der Waals surface area contributed by atoms with E-state index >= 15 is 0 Å². The summed E-state index contributed by atoms with van der Waals surface area (Å²) >= 11 is 1.68. The number of carbonyl (C=O) groups excluding carboxylic acids is 1. The second-order valence-corrected chi connectivity index (χ2v) is 5.97. The molecule has 120 valence electrons. The van der Waals surface area contributed by atoms with Crippen molar-refractivity contribution in [3.8, 4) is 5.88 Å². The molecule has 1 unspecified atom stereocenters. The zero-order valence-corrected chi connectivity index (χ0v) is 13.6. The molecule has 7 heteroatoms. The monoisotopic (exact) mass is 323 g/mol. The van der Waals surface area contributed by atoms with Gasteiger partial charge in [0.15, 0.2) is 0 Å². The molecule has 0 aliphatic carbocycles. The van der Waals surface area contributed by atoms with Crippen molar-refractivity contribution in [3.05, 3.63) is 34.2 Å². The van der Waals surface area contributed by atoms with E-state index in [0.717, 1.165) is 6.42 Å². The Bertz CT molecular complexity index is 595. The summed E-state index contributed by atoms with van der Waals surface area (Å²) < 4.78 is 6.64. The van der Waals surface area contributed by atoms with Crippen molar-refractivity contribution in [2.45, 2.75) is 18.8 Å². The molecule has 0 radical (unpaired) electrons. The quantitative estimate of drug-likeness (QED) is 0.776. The first-order valence-corrected chi connectivity index (χ1v) is 8.03. The Morgan fingerprint density at radius 2 is 2.36 bits per heavy atom. The van der Waals surface area contributed by atoms with E-state index in [9.17, 15) is 9.90 Å². The van der Waals surface area contributed by atoms with Gasteiger partial charge in [0, 0.05) is 31.3 Å². The summed E-state index contributed by atoms with van der Waals surface area (Å²) in [5, 5.41) is 18.2. The molecule has 0 aromatic carbocycles. The number of hydrogen-bond donors (Lipinski definition) is 2. The van der Waals surface area contributed by atoms with Crippen LogP contribution in [0.1, 0.15) is 34.0 Å². The normalized spacial score (nSPS) is 12.1. The molecule has 2 aromatic heterocycles. The number of ether oxygens (including phenoxy) is 1. The van der Waals surface area contributed by atoms with Crippen LogP contribution in [-0.4, -0.2) is 41.1 Å². The fourth-order valence-electron chi connectivity index (χ4n) is 2.34. The highest BCUT2D eigenvalue weighted by molar-refractivity contribution is 7.10. The molecule has 22 heavy (non-hydrogen) atoms. The number of aliphatic hydroxyl groups is 1. The molecule has 0 bridgehead atoms. The predicted octanol–water partition coefficient (Wildman–Crippen LogP) is 1.78. The second-order valence-electron chi connectivity index (χ2n) is 4.99. The zero-order valence-electron chi connectivity index (χ0n) is 12.8. The van der Waals surface area contributed by atoms with E-state index < -0.39 is 0 Å². The van der Waals surface area contributed by atoms with Gasteiger partial charge in [-0.25, -0.2) is 0 Å². The Balaban J connectivity index is 1.90. The zero-order chi connectivity index (χ0) is 15.9. The van der Waals surface area contributed by atoms with Crippen LogP contribution in [0, 0.1) is 0 Å². The highest BCUT2D eigenvalue weighted by Gasteiger charge is 2.17. The highest BCUT2D eigenvalue weighted by atomic mass is 32.1. The SMILES string of the molecule is COc1nn(C)cc1C(=O)NCCC(CCO)c1cccs1. The lowest BCUT2D eigenvalue weighted by atomic mass is 10.00. The summed E-state index contributed by atoms with van der Waals surface area (Å²) in [5.74, 6) is 0.394. The number of thiophene rings is 1. The van der Waals surface area contributed by atoms with E-state index in [2.05, 4.69) is 16.5 Å². The molecule has 1 amide bonds. The molecule has 0 spiro atoms. The van der Waals surface area contributed by atoms with Gasteiger partial charge in [0.05, 0.1) is 7.11 Å². The van der Waals surface area contributed by atoms with Crippen molar-refractivity contribution < 1.29 is 14.6 Å². The number of amides is 1. The van der Waals surface area contributed by atoms with Crippen molar-refractivity contribution in [1.29, 1.82) is 0 Å². The van der Waals surface area contributed by atoms with Crippen LogP contribution in [0.15, 0.2) is 23.7 Å². The van der Waals surface area contributed by atoms with Crippen molar-refractivity contribution in [1.82, 2.24) is 15.1 Å². The Morgan fingerprint density at radius 3 is 3.00 bits per heavy atom. The van der Waals surface area contributed by atoms with Crippen LogP contribution < -0.4 is 10.1 Å². The third kappa shape index (κ3) is 4.08. The Morgan fingerprint density at radius 1 is 1.55 bits per heavy atom. The van der Waals surface area contributed by atoms with Gasteiger partial charge in [0.25, 0.3) is 5.91 Å². The summed E-state index contributed by atoms with van der Waals surface area (Å²) in [7, 11) is 3.24. The van der Waals surface area contributed by atoms with E-state index in [1.165, 1.54) is 12.0 Å². The fourth-order valence-corrected chi connectivity index (χ4v) is 3.24. The van der Waals surface area contributed by atoms with Crippen molar-refractivity contribution in [3.63, 3.8) is 0 Å². The molecule has 2 rings (SSSR count). The Labute approximate surface area is 133 Å². The topological polar surface area (TPSA) is 76.4 Å². The van der Waals surface area contributed by atoms with Gasteiger partial charge in [-0.05, 0) is 30.2 Å². The average Bonchev–Trinajstić information content (AvgIpc) is 3.15. The third-order valence-corrected chi connectivity index (χ3v) is 4.47. The number of hydrogen-bond acceptors (Lipinski definition) is 5. The van der Waals surface area contributed by atoms with Gasteiger partial charge in [-0.2, -0.15) is 0 Å². The minimum Gasteiger partial charge on any atom is -0.479 e. The number of methoxy groups -OCH3 is 1. The minimum atomic E-state index is -0.195. The van der Waals surface area contributed by atoms with Crippen LogP contribution in [-0.2, 0) is 7.05 Å². The molecule has 1 atom stereocenters. The van der Waals surface area contributed by atoms with Gasteiger partial charge in [-0.15, -0.1) is 16.4 Å². The third-order valence-electron chi connectivity index (χ3n) is 3.43. The number of carbonyl (C=O) groups is 1. The van der Waals surface area contributed by atoms with Crippen molar-refractivity contribution in [2.75, 3.05) is 20.3 Å². The Kier molecular flexibility index (Phi) is 5.97. The van der Waals surface area contributed by atoms with E-state index in [0.29, 0.717) is 24.4 Å². The fraction of sp³-hybridized carbons (Fsp3) is 0.467. The lowest BCUT2D eigenvalue weighted by Crippen LogP contribution is -2.25. The maximum absolute atomic E-state index is 12.2. The van der Waals surface area contributed by atoms with Gasteiger partial charge in [-0.1, -0.05) is 6.07 Å². The summed E-state index contributed by atoms with van der Waals surface area (Å²) in [4.78, 5) is 13.4. The Hall–Kier alpha value is -1.86. The first-order chi connectivity index (χ1) is 10.7. The first kappa shape index (κ1) is 16.5. The maximum Gasteiger partial charge on any atom is 0.258 e. The summed E-state index contributed by atoms with van der Waals surface area (Å²) in [6, 6.07) is 4.07. The maximum atomic E-state index is 12.2. The molecular weight excluding hydrogens is 302 g/mol. The van der Waals surface area contributed by atoms with Gasteiger partial charge >= 0.3 is 0 Å². The van der Waals surface area contributed by atoms with Crippen molar-refractivity contribution in [2.24, 2.45) is 7.05 Å². The van der Waals surface area contributed by atoms with Gasteiger partial charge in [0.2, 0.25) is 5.88 Å². The first-order valence-electron chi connectivity index (χ1n) is 7.15. The molecule has 6 nitrogen and oxygen atoms in total.